The van der Waals surface area contributed by atoms with Gasteiger partial charge < -0.3 is 19.7 Å². The van der Waals surface area contributed by atoms with Gasteiger partial charge in [-0.25, -0.2) is 9.79 Å². The van der Waals surface area contributed by atoms with E-state index in [-0.39, 0.29) is 24.5 Å². The van der Waals surface area contributed by atoms with E-state index in [0.717, 1.165) is 27.5 Å². The molecule has 2 aliphatic rings. The van der Waals surface area contributed by atoms with Crippen LogP contribution in [0.3, 0.4) is 0 Å². The molecule has 1 amide bonds. The minimum Gasteiger partial charge on any atom is -0.484 e. The number of aliphatic imine (C=N–C) groups is 1. The number of para-hydroxylation sites is 1. The number of amides is 1. The quantitative estimate of drug-likeness (QED) is 0.560. The summed E-state index contributed by atoms with van der Waals surface area (Å²) in [5.74, 6) is -0.0339. The van der Waals surface area contributed by atoms with Crippen LogP contribution in [0.2, 0.25) is 0 Å². The predicted molar refractivity (Wildman–Crippen MR) is 135 cm³/mol. The second-order valence-electron chi connectivity index (χ2n) is 8.00. The summed E-state index contributed by atoms with van der Waals surface area (Å²) >= 11 is 1.51. The zero-order valence-electron chi connectivity index (χ0n) is 19.6. The van der Waals surface area contributed by atoms with Crippen molar-refractivity contribution in [3.05, 3.63) is 82.0 Å². The van der Waals surface area contributed by atoms with E-state index in [0.29, 0.717) is 23.6 Å². The molecular formula is C26H27N3O4S. The van der Waals surface area contributed by atoms with Gasteiger partial charge in [-0.2, -0.15) is 0 Å². The second-order valence-corrected chi connectivity index (χ2v) is 8.87. The number of amidine groups is 1. The molecule has 2 aromatic carbocycles. The molecule has 0 bridgehead atoms. The van der Waals surface area contributed by atoms with E-state index in [4.69, 9.17) is 9.47 Å². The first-order chi connectivity index (χ1) is 16.4. The van der Waals surface area contributed by atoms with Crippen LogP contribution in [0.25, 0.3) is 0 Å². The van der Waals surface area contributed by atoms with E-state index in [2.05, 4.69) is 10.3 Å². The van der Waals surface area contributed by atoms with Crippen LogP contribution in [0.1, 0.15) is 36.6 Å². The van der Waals surface area contributed by atoms with Crippen LogP contribution in [0.4, 0.5) is 5.69 Å². The number of esters is 1. The first-order valence-electron chi connectivity index (χ1n) is 11.1. The molecule has 34 heavy (non-hydrogen) atoms. The highest BCUT2D eigenvalue weighted by Gasteiger charge is 2.37. The van der Waals surface area contributed by atoms with Crippen LogP contribution < -0.4 is 10.1 Å². The zero-order chi connectivity index (χ0) is 24.2. The van der Waals surface area contributed by atoms with Crippen molar-refractivity contribution in [3.8, 4) is 5.75 Å². The van der Waals surface area contributed by atoms with E-state index >= 15 is 0 Å². The van der Waals surface area contributed by atoms with Gasteiger partial charge in [0, 0.05) is 11.9 Å². The molecule has 0 saturated carbocycles. The molecule has 2 aromatic rings. The van der Waals surface area contributed by atoms with Crippen molar-refractivity contribution in [2.75, 3.05) is 18.5 Å². The average Bonchev–Trinajstić information content (AvgIpc) is 3.28. The van der Waals surface area contributed by atoms with Gasteiger partial charge in [-0.15, -0.1) is 0 Å². The Morgan fingerprint density at radius 3 is 2.47 bits per heavy atom. The van der Waals surface area contributed by atoms with Crippen molar-refractivity contribution >= 4 is 34.5 Å². The van der Waals surface area contributed by atoms with E-state index in [1.165, 1.54) is 11.8 Å². The Balaban J connectivity index is 1.48. The number of benzene rings is 2. The number of hydrogen-bond acceptors (Lipinski definition) is 7. The molecule has 8 heteroatoms. The summed E-state index contributed by atoms with van der Waals surface area (Å²) in [7, 11) is 0. The highest BCUT2D eigenvalue weighted by molar-refractivity contribution is 8.16. The number of nitrogens with zero attached hydrogens (tertiary/aromatic N) is 2. The standard InChI is InChI=1S/C26H27N3O4S/c1-5-32-25(31)22-18(4)27-26-29(13-14-34-26)24(22)19-9-11-20(12-10-19)33-15-21(30)28-23-16(2)7-6-8-17(23)3/h6-14,24H,5,15H2,1-4H3,(H,28,30)/t24-/m1/s1. The topological polar surface area (TPSA) is 80.2 Å². The number of nitrogens with one attached hydrogen (secondary N) is 1. The maximum Gasteiger partial charge on any atom is 0.338 e. The van der Waals surface area contributed by atoms with Gasteiger partial charge in [-0.3, -0.25) is 4.79 Å². The maximum atomic E-state index is 12.7. The van der Waals surface area contributed by atoms with Crippen LogP contribution >= 0.6 is 11.8 Å². The second kappa shape index (κ2) is 10.2. The summed E-state index contributed by atoms with van der Waals surface area (Å²) in [4.78, 5) is 31.7. The molecule has 0 spiro atoms. The summed E-state index contributed by atoms with van der Waals surface area (Å²) in [6.07, 6.45) is 1.92. The lowest BCUT2D eigenvalue weighted by atomic mass is 9.95. The number of thioether (sulfide) groups is 1. The van der Waals surface area contributed by atoms with Crippen molar-refractivity contribution in [1.29, 1.82) is 0 Å². The van der Waals surface area contributed by atoms with Gasteiger partial charge in [0.05, 0.1) is 23.9 Å². The van der Waals surface area contributed by atoms with Crippen LogP contribution in [0.5, 0.6) is 5.75 Å². The predicted octanol–water partition coefficient (Wildman–Crippen LogP) is 5.09. The Hall–Kier alpha value is -3.52. The Morgan fingerprint density at radius 1 is 1.09 bits per heavy atom. The van der Waals surface area contributed by atoms with Crippen molar-refractivity contribution in [1.82, 2.24) is 4.90 Å². The third-order valence-electron chi connectivity index (χ3n) is 5.63. The Kier molecular flexibility index (Phi) is 7.07. The van der Waals surface area contributed by atoms with Gasteiger partial charge in [0.1, 0.15) is 5.75 Å². The maximum absolute atomic E-state index is 12.7. The first kappa shape index (κ1) is 23.6. The molecule has 176 valence electrons. The fourth-order valence-corrected chi connectivity index (χ4v) is 4.77. The molecule has 2 heterocycles. The fraction of sp³-hybridized carbons (Fsp3) is 0.269. The number of fused-ring (bicyclic) bond motifs is 1. The molecule has 1 atom stereocenters. The summed E-state index contributed by atoms with van der Waals surface area (Å²) in [6, 6.07) is 12.9. The molecule has 0 saturated heterocycles. The number of anilines is 1. The van der Waals surface area contributed by atoms with Gasteiger partial charge in [0.2, 0.25) is 0 Å². The number of aryl methyl sites for hydroxylation is 2. The van der Waals surface area contributed by atoms with Crippen LogP contribution in [0.15, 0.2) is 70.3 Å². The normalized spacial score (nSPS) is 16.8. The van der Waals surface area contributed by atoms with Gasteiger partial charge in [-0.1, -0.05) is 42.1 Å². The van der Waals surface area contributed by atoms with Gasteiger partial charge in [-0.05, 0) is 61.9 Å². The van der Waals surface area contributed by atoms with E-state index in [9.17, 15) is 9.59 Å². The van der Waals surface area contributed by atoms with Crippen molar-refractivity contribution in [3.63, 3.8) is 0 Å². The molecule has 0 aliphatic carbocycles. The number of carbonyl (C=O) groups excluding carboxylic acids is 2. The summed E-state index contributed by atoms with van der Waals surface area (Å²) in [6.45, 7) is 7.71. The third-order valence-corrected chi connectivity index (χ3v) is 6.40. The molecule has 1 N–H and O–H groups in total. The Morgan fingerprint density at radius 2 is 1.79 bits per heavy atom. The minimum atomic E-state index is -0.374. The molecule has 0 aromatic heterocycles. The molecule has 0 unspecified atom stereocenters. The van der Waals surface area contributed by atoms with Crippen molar-refractivity contribution in [2.24, 2.45) is 4.99 Å². The van der Waals surface area contributed by atoms with E-state index in [1.54, 1.807) is 19.1 Å². The van der Waals surface area contributed by atoms with Gasteiger partial charge in [0.25, 0.3) is 5.91 Å². The number of rotatable bonds is 7. The highest BCUT2D eigenvalue weighted by Crippen LogP contribution is 2.41. The van der Waals surface area contributed by atoms with Crippen LogP contribution in [-0.4, -0.2) is 35.2 Å². The zero-order valence-corrected chi connectivity index (χ0v) is 20.4. The Labute approximate surface area is 203 Å². The third kappa shape index (κ3) is 4.87. The largest absolute Gasteiger partial charge is 0.484 e. The fourth-order valence-electron chi connectivity index (χ4n) is 3.98. The molecule has 0 fully saturated rings. The molecule has 2 aliphatic heterocycles. The average molecular weight is 478 g/mol. The van der Waals surface area contributed by atoms with E-state index in [1.807, 2.05) is 67.6 Å². The smallest absolute Gasteiger partial charge is 0.338 e. The number of allylic oxidation sites excluding steroid dienone is 1. The SMILES string of the molecule is CCOC(=O)C1=C(C)N=C2SC=CN2[C@@H]1c1ccc(OCC(=O)Nc2c(C)cccc2C)cc1. The van der Waals surface area contributed by atoms with Crippen molar-refractivity contribution < 1.29 is 19.1 Å². The monoisotopic (exact) mass is 477 g/mol. The summed E-state index contributed by atoms with van der Waals surface area (Å²) in [5, 5.41) is 5.68. The van der Waals surface area contributed by atoms with Crippen LogP contribution in [-0.2, 0) is 14.3 Å². The lowest BCUT2D eigenvalue weighted by molar-refractivity contribution is -0.139. The lowest BCUT2D eigenvalue weighted by Gasteiger charge is -2.33. The molecule has 0 radical (unpaired) electrons. The van der Waals surface area contributed by atoms with Crippen LogP contribution in [0, 0.1) is 13.8 Å². The number of carbonyl (C=O) groups is 2. The molecule has 4 rings (SSSR count). The minimum absolute atomic E-state index is 0.105. The highest BCUT2D eigenvalue weighted by atomic mass is 32.2. The lowest BCUT2D eigenvalue weighted by Crippen LogP contribution is -2.34. The van der Waals surface area contributed by atoms with E-state index < -0.39 is 0 Å². The van der Waals surface area contributed by atoms with Crippen molar-refractivity contribution in [2.45, 2.75) is 33.7 Å². The molecule has 7 nitrogen and oxygen atoms in total. The molecular weight excluding hydrogens is 450 g/mol. The van der Waals surface area contributed by atoms with Gasteiger partial charge >= 0.3 is 5.97 Å². The number of ether oxygens (including phenoxy) is 2. The summed E-state index contributed by atoms with van der Waals surface area (Å²) in [5.41, 5.74) is 4.88. The Bertz CT molecular complexity index is 1180. The van der Waals surface area contributed by atoms with Gasteiger partial charge in [0.15, 0.2) is 11.8 Å². The first-order valence-corrected chi connectivity index (χ1v) is 11.9. The summed E-state index contributed by atoms with van der Waals surface area (Å²) < 4.78 is 11.0. The number of hydrogen-bond donors (Lipinski definition) is 1.